The fourth-order valence-electron chi connectivity index (χ4n) is 3.33. The van der Waals surface area contributed by atoms with Crippen LogP contribution in [0, 0.1) is 5.41 Å². The van der Waals surface area contributed by atoms with Gasteiger partial charge >= 0.3 is 0 Å². The average molecular weight is 275 g/mol. The first-order valence-electron chi connectivity index (χ1n) is 7.03. The Kier molecular flexibility index (Phi) is 2.93. The first kappa shape index (κ1) is 13.0. The van der Waals surface area contributed by atoms with Gasteiger partial charge < -0.3 is 4.90 Å². The molecule has 3 heteroatoms. The molecular formula is C16H21NOS. The van der Waals surface area contributed by atoms with E-state index in [4.69, 9.17) is 0 Å². The van der Waals surface area contributed by atoms with Crippen LogP contribution < -0.4 is 4.90 Å². The number of thiol groups is 1. The Morgan fingerprint density at radius 2 is 1.95 bits per heavy atom. The smallest absolute Gasteiger partial charge is 0.237 e. The van der Waals surface area contributed by atoms with Gasteiger partial charge in [0.1, 0.15) is 0 Å². The third-order valence-corrected chi connectivity index (χ3v) is 5.56. The van der Waals surface area contributed by atoms with Gasteiger partial charge in [0.15, 0.2) is 0 Å². The number of hydrogen-bond acceptors (Lipinski definition) is 2. The first-order chi connectivity index (χ1) is 9.00. The highest BCUT2D eigenvalue weighted by molar-refractivity contribution is 7.80. The van der Waals surface area contributed by atoms with Crippen molar-refractivity contribution in [2.24, 2.45) is 5.41 Å². The van der Waals surface area contributed by atoms with E-state index in [2.05, 4.69) is 24.8 Å². The van der Waals surface area contributed by atoms with Crippen LogP contribution in [0.4, 0.5) is 5.69 Å². The van der Waals surface area contributed by atoms with Crippen LogP contribution in [-0.2, 0) is 10.2 Å². The summed E-state index contributed by atoms with van der Waals surface area (Å²) in [5.41, 5.74) is 2.11. The lowest BCUT2D eigenvalue weighted by Crippen LogP contribution is -2.47. The van der Waals surface area contributed by atoms with Crippen molar-refractivity contribution in [3.63, 3.8) is 0 Å². The van der Waals surface area contributed by atoms with Crippen molar-refractivity contribution in [1.29, 1.82) is 0 Å². The number of fused-ring (bicyclic) bond motifs is 1. The maximum absolute atomic E-state index is 12.7. The van der Waals surface area contributed by atoms with Crippen molar-refractivity contribution in [1.82, 2.24) is 0 Å². The van der Waals surface area contributed by atoms with E-state index in [0.29, 0.717) is 0 Å². The van der Waals surface area contributed by atoms with E-state index in [-0.39, 0.29) is 11.3 Å². The molecule has 0 aromatic heterocycles. The van der Waals surface area contributed by atoms with Crippen LogP contribution in [0.3, 0.4) is 0 Å². The van der Waals surface area contributed by atoms with Gasteiger partial charge in [0, 0.05) is 12.2 Å². The molecular weight excluding hydrogens is 254 g/mol. The molecule has 1 aliphatic carbocycles. The van der Waals surface area contributed by atoms with Gasteiger partial charge in [-0.15, -0.1) is 0 Å². The van der Waals surface area contributed by atoms with Crippen LogP contribution >= 0.6 is 12.6 Å². The molecule has 2 nitrogen and oxygen atoms in total. The minimum absolute atomic E-state index is 0.238. The normalized spacial score (nSPS) is 23.1. The SMILES string of the molecule is CC1(C)C(=O)N(CC2(CS)CCC2)c2ccccc21. The molecule has 1 aromatic carbocycles. The highest BCUT2D eigenvalue weighted by Gasteiger charge is 2.47. The van der Waals surface area contributed by atoms with Crippen LogP contribution in [-0.4, -0.2) is 18.2 Å². The van der Waals surface area contributed by atoms with E-state index in [1.54, 1.807) is 0 Å². The highest BCUT2D eigenvalue weighted by Crippen LogP contribution is 2.47. The molecule has 0 N–H and O–H groups in total. The van der Waals surface area contributed by atoms with Crippen molar-refractivity contribution in [2.45, 2.75) is 38.5 Å². The number of amides is 1. The molecule has 0 spiro atoms. The molecule has 0 unspecified atom stereocenters. The second kappa shape index (κ2) is 4.27. The topological polar surface area (TPSA) is 20.3 Å². The van der Waals surface area contributed by atoms with E-state index in [0.717, 1.165) is 23.5 Å². The van der Waals surface area contributed by atoms with Crippen LogP contribution in [0.2, 0.25) is 0 Å². The summed E-state index contributed by atoms with van der Waals surface area (Å²) in [6, 6.07) is 8.21. The summed E-state index contributed by atoms with van der Waals surface area (Å²) in [4.78, 5) is 14.7. The van der Waals surface area contributed by atoms with Gasteiger partial charge in [0.05, 0.1) is 5.41 Å². The first-order valence-corrected chi connectivity index (χ1v) is 7.66. The predicted molar refractivity (Wildman–Crippen MR) is 82.0 cm³/mol. The van der Waals surface area contributed by atoms with Gasteiger partial charge in [-0.1, -0.05) is 24.6 Å². The van der Waals surface area contributed by atoms with Crippen molar-refractivity contribution >= 4 is 24.2 Å². The molecule has 1 saturated carbocycles. The van der Waals surface area contributed by atoms with Gasteiger partial charge in [-0.3, -0.25) is 4.79 Å². The number of rotatable bonds is 3. The number of hydrogen-bond donors (Lipinski definition) is 1. The van der Waals surface area contributed by atoms with E-state index in [1.807, 2.05) is 30.9 Å². The summed E-state index contributed by atoms with van der Waals surface area (Å²) in [6.45, 7) is 4.89. The fourth-order valence-corrected chi connectivity index (χ4v) is 3.75. The second-order valence-electron chi connectivity index (χ2n) is 6.55. The Labute approximate surface area is 120 Å². The van der Waals surface area contributed by atoms with Gasteiger partial charge in [-0.25, -0.2) is 0 Å². The number of nitrogens with zero attached hydrogens (tertiary/aromatic N) is 1. The molecule has 0 radical (unpaired) electrons. The van der Waals surface area contributed by atoms with E-state index < -0.39 is 5.41 Å². The largest absolute Gasteiger partial charge is 0.311 e. The molecule has 1 heterocycles. The standard InChI is InChI=1S/C16H21NOS/c1-15(2)12-6-3-4-7-13(12)17(14(15)18)10-16(11-19)8-5-9-16/h3-4,6-7,19H,5,8-11H2,1-2H3. The highest BCUT2D eigenvalue weighted by atomic mass is 32.1. The second-order valence-corrected chi connectivity index (χ2v) is 6.86. The Hall–Kier alpha value is -0.960. The molecule has 0 atom stereocenters. The molecule has 1 fully saturated rings. The Bertz CT molecular complexity index is 514. The molecule has 19 heavy (non-hydrogen) atoms. The number of benzene rings is 1. The van der Waals surface area contributed by atoms with Gasteiger partial charge in [-0.05, 0) is 49.5 Å². The van der Waals surface area contributed by atoms with Crippen LogP contribution in [0.25, 0.3) is 0 Å². The summed E-state index contributed by atoms with van der Waals surface area (Å²) < 4.78 is 0. The third kappa shape index (κ3) is 1.82. The fraction of sp³-hybridized carbons (Fsp3) is 0.562. The van der Waals surface area contributed by atoms with Crippen LogP contribution in [0.5, 0.6) is 0 Å². The molecule has 1 amide bonds. The third-order valence-electron chi connectivity index (χ3n) is 4.89. The summed E-state index contributed by atoms with van der Waals surface area (Å²) in [7, 11) is 0. The van der Waals surface area contributed by atoms with Crippen LogP contribution in [0.1, 0.15) is 38.7 Å². The van der Waals surface area contributed by atoms with Crippen molar-refractivity contribution in [3.8, 4) is 0 Å². The molecule has 0 bridgehead atoms. The monoisotopic (exact) mass is 275 g/mol. The number of carbonyl (C=O) groups is 1. The minimum atomic E-state index is -0.391. The van der Waals surface area contributed by atoms with Gasteiger partial charge in [0.25, 0.3) is 0 Å². The average Bonchev–Trinajstić information content (AvgIpc) is 2.55. The van der Waals surface area contributed by atoms with Crippen molar-refractivity contribution in [3.05, 3.63) is 29.8 Å². The van der Waals surface area contributed by atoms with Gasteiger partial charge in [0.2, 0.25) is 5.91 Å². The zero-order valence-corrected chi connectivity index (χ0v) is 12.5. The Balaban J connectivity index is 1.97. The lowest BCUT2D eigenvalue weighted by atomic mass is 9.70. The quantitative estimate of drug-likeness (QED) is 0.838. The van der Waals surface area contributed by atoms with E-state index >= 15 is 0 Å². The number of anilines is 1. The molecule has 0 saturated heterocycles. The Morgan fingerprint density at radius 3 is 2.53 bits per heavy atom. The molecule has 1 aliphatic heterocycles. The van der Waals surface area contributed by atoms with E-state index in [9.17, 15) is 4.79 Å². The molecule has 2 aliphatic rings. The van der Waals surface area contributed by atoms with E-state index in [1.165, 1.54) is 19.3 Å². The molecule has 1 aromatic rings. The maximum atomic E-state index is 12.7. The number of carbonyl (C=O) groups excluding carboxylic acids is 1. The summed E-state index contributed by atoms with van der Waals surface area (Å²) in [5.74, 6) is 1.11. The lowest BCUT2D eigenvalue weighted by Gasteiger charge is -2.43. The molecule has 3 rings (SSSR count). The van der Waals surface area contributed by atoms with Crippen LogP contribution in [0.15, 0.2) is 24.3 Å². The summed E-state index contributed by atoms with van der Waals surface area (Å²) >= 11 is 4.51. The molecule has 102 valence electrons. The zero-order valence-electron chi connectivity index (χ0n) is 11.6. The Morgan fingerprint density at radius 1 is 1.26 bits per heavy atom. The number of para-hydroxylation sites is 1. The zero-order chi connectivity index (χ0) is 13.7. The van der Waals surface area contributed by atoms with Crippen molar-refractivity contribution < 1.29 is 4.79 Å². The van der Waals surface area contributed by atoms with Crippen molar-refractivity contribution in [2.75, 3.05) is 17.2 Å². The lowest BCUT2D eigenvalue weighted by molar-refractivity contribution is -0.122. The maximum Gasteiger partial charge on any atom is 0.237 e. The summed E-state index contributed by atoms with van der Waals surface area (Å²) in [5, 5.41) is 0. The minimum Gasteiger partial charge on any atom is -0.311 e. The summed E-state index contributed by atoms with van der Waals surface area (Å²) in [6.07, 6.45) is 3.67. The van der Waals surface area contributed by atoms with Gasteiger partial charge in [-0.2, -0.15) is 12.6 Å². The predicted octanol–water partition coefficient (Wildman–Crippen LogP) is 3.41.